The fourth-order valence-corrected chi connectivity index (χ4v) is 1.69. The maximum absolute atomic E-state index is 11.7. The summed E-state index contributed by atoms with van der Waals surface area (Å²) in [5.41, 5.74) is 0. The Morgan fingerprint density at radius 3 is 2.81 bits per heavy atom. The van der Waals surface area contributed by atoms with Gasteiger partial charge in [-0.3, -0.25) is 4.79 Å². The van der Waals surface area contributed by atoms with Crippen LogP contribution in [-0.2, 0) is 4.79 Å². The number of carbonyl (C=O) groups excluding carboxylic acids is 1. The van der Waals surface area contributed by atoms with Gasteiger partial charge in [-0.2, -0.15) is 0 Å². The van der Waals surface area contributed by atoms with E-state index in [1.54, 1.807) is 12.2 Å². The maximum Gasteiger partial charge on any atom is 0.246 e. The average molecular weight is 220 g/mol. The second kappa shape index (κ2) is 4.99. The van der Waals surface area contributed by atoms with E-state index in [1.807, 2.05) is 24.0 Å². The van der Waals surface area contributed by atoms with Gasteiger partial charge in [0.2, 0.25) is 5.91 Å². The molecule has 86 valence electrons. The van der Waals surface area contributed by atoms with Crippen LogP contribution in [0.5, 0.6) is 0 Å². The molecule has 0 unspecified atom stereocenters. The van der Waals surface area contributed by atoms with Crippen molar-refractivity contribution in [2.75, 3.05) is 26.2 Å². The van der Waals surface area contributed by atoms with Crippen LogP contribution in [0.3, 0.4) is 0 Å². The lowest BCUT2D eigenvalue weighted by Gasteiger charge is -2.26. The molecule has 0 aromatic carbocycles. The lowest BCUT2D eigenvalue weighted by Crippen LogP contribution is -2.45. The first-order valence-electron chi connectivity index (χ1n) is 5.50. The summed E-state index contributed by atoms with van der Waals surface area (Å²) in [5, 5.41) is 3.21. The van der Waals surface area contributed by atoms with Gasteiger partial charge < -0.3 is 14.6 Å². The topological polar surface area (TPSA) is 45.5 Å². The van der Waals surface area contributed by atoms with Crippen molar-refractivity contribution in [2.24, 2.45) is 0 Å². The highest BCUT2D eigenvalue weighted by atomic mass is 16.3. The average Bonchev–Trinajstić information content (AvgIpc) is 2.73. The first kappa shape index (κ1) is 11.0. The van der Waals surface area contributed by atoms with Crippen LogP contribution in [0.2, 0.25) is 0 Å². The Kier molecular flexibility index (Phi) is 3.41. The summed E-state index contributed by atoms with van der Waals surface area (Å²) < 4.78 is 5.35. The predicted octanol–water partition coefficient (Wildman–Crippen LogP) is 1.03. The van der Waals surface area contributed by atoms with E-state index in [2.05, 4.69) is 5.32 Å². The Morgan fingerprint density at radius 2 is 2.19 bits per heavy atom. The van der Waals surface area contributed by atoms with Crippen LogP contribution in [0.15, 0.2) is 22.6 Å². The number of piperazine rings is 1. The van der Waals surface area contributed by atoms with Crippen LogP contribution < -0.4 is 5.32 Å². The molecule has 1 fully saturated rings. The van der Waals surface area contributed by atoms with Crippen LogP contribution in [-0.4, -0.2) is 37.0 Å². The van der Waals surface area contributed by atoms with Gasteiger partial charge in [0, 0.05) is 32.3 Å². The van der Waals surface area contributed by atoms with Crippen molar-refractivity contribution in [3.63, 3.8) is 0 Å². The molecule has 1 amide bonds. The molecule has 1 aromatic heterocycles. The van der Waals surface area contributed by atoms with Crippen molar-refractivity contribution in [3.05, 3.63) is 29.7 Å². The maximum atomic E-state index is 11.7. The number of rotatable bonds is 2. The lowest BCUT2D eigenvalue weighted by atomic mass is 10.3. The molecule has 0 radical (unpaired) electrons. The third-order valence-electron chi connectivity index (χ3n) is 2.58. The summed E-state index contributed by atoms with van der Waals surface area (Å²) in [6.07, 6.45) is 3.29. The Morgan fingerprint density at radius 1 is 1.44 bits per heavy atom. The molecule has 0 atom stereocenters. The zero-order valence-corrected chi connectivity index (χ0v) is 9.40. The molecule has 0 aliphatic carbocycles. The van der Waals surface area contributed by atoms with Crippen molar-refractivity contribution in [1.29, 1.82) is 0 Å². The highest BCUT2D eigenvalue weighted by Crippen LogP contribution is 2.08. The third-order valence-corrected chi connectivity index (χ3v) is 2.58. The number of nitrogens with one attached hydrogen (secondary N) is 1. The highest BCUT2D eigenvalue weighted by Gasteiger charge is 2.13. The standard InChI is InChI=1S/C12H16N2O2/c1-10-2-3-11(16-10)4-5-12(15)14-8-6-13-7-9-14/h2-5,13H,6-9H2,1H3/b5-4+. The molecular formula is C12H16N2O2. The number of furan rings is 1. The molecule has 2 heterocycles. The first-order chi connectivity index (χ1) is 7.75. The summed E-state index contributed by atoms with van der Waals surface area (Å²) in [6.45, 7) is 5.19. The second-order valence-electron chi connectivity index (χ2n) is 3.86. The van der Waals surface area contributed by atoms with Crippen LogP contribution in [0.1, 0.15) is 11.5 Å². The van der Waals surface area contributed by atoms with Gasteiger partial charge in [0.05, 0.1) is 0 Å². The van der Waals surface area contributed by atoms with Crippen molar-refractivity contribution in [1.82, 2.24) is 10.2 Å². The minimum absolute atomic E-state index is 0.0514. The lowest BCUT2D eigenvalue weighted by molar-refractivity contribution is -0.126. The SMILES string of the molecule is Cc1ccc(/C=C/C(=O)N2CCNCC2)o1. The molecule has 16 heavy (non-hydrogen) atoms. The van der Waals surface area contributed by atoms with E-state index in [0.29, 0.717) is 0 Å². The van der Waals surface area contributed by atoms with Gasteiger partial charge in [0.15, 0.2) is 0 Å². The minimum atomic E-state index is 0.0514. The smallest absolute Gasteiger partial charge is 0.246 e. The summed E-state index contributed by atoms with van der Waals surface area (Å²) >= 11 is 0. The van der Waals surface area contributed by atoms with Crippen molar-refractivity contribution >= 4 is 12.0 Å². The zero-order chi connectivity index (χ0) is 11.4. The van der Waals surface area contributed by atoms with Gasteiger partial charge in [0.1, 0.15) is 11.5 Å². The van der Waals surface area contributed by atoms with Crippen molar-refractivity contribution in [2.45, 2.75) is 6.92 Å². The van der Waals surface area contributed by atoms with E-state index in [0.717, 1.165) is 37.7 Å². The third kappa shape index (κ3) is 2.73. The van der Waals surface area contributed by atoms with E-state index in [1.165, 1.54) is 0 Å². The number of hydrogen-bond donors (Lipinski definition) is 1. The monoisotopic (exact) mass is 220 g/mol. The molecule has 0 bridgehead atoms. The molecule has 4 heteroatoms. The summed E-state index contributed by atoms with van der Waals surface area (Å²) in [5.74, 6) is 1.63. The fraction of sp³-hybridized carbons (Fsp3) is 0.417. The number of aryl methyl sites for hydroxylation is 1. The van der Waals surface area contributed by atoms with Crippen molar-refractivity contribution < 1.29 is 9.21 Å². The van der Waals surface area contributed by atoms with Crippen LogP contribution in [0.4, 0.5) is 0 Å². The zero-order valence-electron chi connectivity index (χ0n) is 9.40. The number of amides is 1. The molecule has 0 saturated carbocycles. The fourth-order valence-electron chi connectivity index (χ4n) is 1.69. The van der Waals surface area contributed by atoms with Gasteiger partial charge >= 0.3 is 0 Å². The molecule has 1 aliphatic rings. The van der Waals surface area contributed by atoms with Gasteiger partial charge in [-0.1, -0.05) is 0 Å². The van der Waals surface area contributed by atoms with E-state index in [9.17, 15) is 4.79 Å². The van der Waals surface area contributed by atoms with Crippen LogP contribution in [0, 0.1) is 6.92 Å². The molecule has 0 spiro atoms. The second-order valence-corrected chi connectivity index (χ2v) is 3.86. The minimum Gasteiger partial charge on any atom is -0.462 e. The van der Waals surface area contributed by atoms with Gasteiger partial charge in [-0.25, -0.2) is 0 Å². The first-order valence-corrected chi connectivity index (χ1v) is 5.50. The summed E-state index contributed by atoms with van der Waals surface area (Å²) in [7, 11) is 0. The van der Waals surface area contributed by atoms with Gasteiger partial charge in [0.25, 0.3) is 0 Å². The summed E-state index contributed by atoms with van der Waals surface area (Å²) in [6, 6.07) is 3.74. The van der Waals surface area contributed by atoms with E-state index < -0.39 is 0 Å². The van der Waals surface area contributed by atoms with E-state index in [4.69, 9.17) is 4.42 Å². The summed E-state index contributed by atoms with van der Waals surface area (Å²) in [4.78, 5) is 13.6. The number of carbonyl (C=O) groups is 1. The van der Waals surface area contributed by atoms with Crippen LogP contribution >= 0.6 is 0 Å². The normalized spacial score (nSPS) is 16.9. The molecule has 1 saturated heterocycles. The highest BCUT2D eigenvalue weighted by molar-refractivity contribution is 5.91. The molecular weight excluding hydrogens is 204 g/mol. The largest absolute Gasteiger partial charge is 0.462 e. The van der Waals surface area contributed by atoms with E-state index in [-0.39, 0.29) is 5.91 Å². The van der Waals surface area contributed by atoms with Crippen LogP contribution in [0.25, 0.3) is 6.08 Å². The molecule has 1 N–H and O–H groups in total. The Labute approximate surface area is 94.9 Å². The predicted molar refractivity (Wildman–Crippen MR) is 61.9 cm³/mol. The van der Waals surface area contributed by atoms with Gasteiger partial charge in [-0.05, 0) is 25.1 Å². The Bertz CT molecular complexity index is 389. The van der Waals surface area contributed by atoms with Crippen molar-refractivity contribution in [3.8, 4) is 0 Å². The quantitative estimate of drug-likeness (QED) is 0.757. The molecule has 4 nitrogen and oxygen atoms in total. The Balaban J connectivity index is 1.93. The molecule has 1 aliphatic heterocycles. The molecule has 1 aromatic rings. The van der Waals surface area contributed by atoms with Gasteiger partial charge in [-0.15, -0.1) is 0 Å². The van der Waals surface area contributed by atoms with E-state index >= 15 is 0 Å². The molecule has 2 rings (SSSR count). The number of hydrogen-bond acceptors (Lipinski definition) is 3. The Hall–Kier alpha value is -1.55. The number of nitrogens with zero attached hydrogens (tertiary/aromatic N) is 1.